The first-order chi connectivity index (χ1) is 9.97. The predicted octanol–water partition coefficient (Wildman–Crippen LogP) is 3.20. The van der Waals surface area contributed by atoms with Crippen molar-refractivity contribution in [1.29, 1.82) is 5.26 Å². The summed E-state index contributed by atoms with van der Waals surface area (Å²) < 4.78 is 0. The monoisotopic (exact) mass is 303 g/mol. The van der Waals surface area contributed by atoms with Crippen molar-refractivity contribution in [1.82, 2.24) is 5.32 Å². The molecule has 0 aromatic heterocycles. The van der Waals surface area contributed by atoms with Crippen molar-refractivity contribution in [3.8, 4) is 6.07 Å². The fourth-order valence-electron chi connectivity index (χ4n) is 1.87. The highest BCUT2D eigenvalue weighted by Gasteiger charge is 2.11. The molecule has 1 aliphatic rings. The number of amides is 1. The maximum absolute atomic E-state index is 10.9. The molecule has 0 spiro atoms. The molecule has 1 rings (SSSR count). The molecule has 21 heavy (non-hydrogen) atoms. The second kappa shape index (κ2) is 8.48. The Bertz CT molecular complexity index is 565. The molecule has 0 saturated heterocycles. The van der Waals surface area contributed by atoms with Gasteiger partial charge < -0.3 is 5.32 Å². The molecule has 4 nitrogen and oxygen atoms in total. The van der Waals surface area contributed by atoms with E-state index in [-0.39, 0.29) is 11.8 Å². The van der Waals surface area contributed by atoms with Crippen LogP contribution in [-0.2, 0) is 4.79 Å². The zero-order valence-electron chi connectivity index (χ0n) is 12.9. The summed E-state index contributed by atoms with van der Waals surface area (Å²) >= 11 is 1.58. The third kappa shape index (κ3) is 5.60. The van der Waals surface area contributed by atoms with Crippen LogP contribution < -0.4 is 5.32 Å². The molecule has 0 heterocycles. The molecule has 1 unspecified atom stereocenters. The summed E-state index contributed by atoms with van der Waals surface area (Å²) in [6.07, 6.45) is 8.33. The summed E-state index contributed by atoms with van der Waals surface area (Å²) in [4.78, 5) is 15.6. The summed E-state index contributed by atoms with van der Waals surface area (Å²) in [5.41, 5.74) is 2.70. The van der Waals surface area contributed by atoms with Crippen LogP contribution in [0.2, 0.25) is 0 Å². The van der Waals surface area contributed by atoms with E-state index in [2.05, 4.69) is 23.3 Å². The Balaban J connectivity index is 2.91. The summed E-state index contributed by atoms with van der Waals surface area (Å²) in [7, 11) is 0. The number of thioether (sulfide) groups is 1. The molecule has 5 heteroatoms. The largest absolute Gasteiger partial charge is 0.356 e. The summed E-state index contributed by atoms with van der Waals surface area (Å²) in [5.74, 6) is 0.156. The van der Waals surface area contributed by atoms with Crippen molar-refractivity contribution in [3.63, 3.8) is 0 Å². The van der Waals surface area contributed by atoms with E-state index in [4.69, 9.17) is 5.26 Å². The lowest BCUT2D eigenvalue weighted by Crippen LogP contribution is -2.22. The molecular weight excluding hydrogens is 282 g/mol. The molecule has 0 saturated carbocycles. The second-order valence-electron chi connectivity index (χ2n) is 4.87. The van der Waals surface area contributed by atoms with Crippen molar-refractivity contribution in [2.75, 3.05) is 12.8 Å². The van der Waals surface area contributed by atoms with Gasteiger partial charge in [-0.25, -0.2) is 4.99 Å². The number of nitrogens with one attached hydrogen (secondary N) is 1. The Labute approximate surface area is 130 Å². The summed E-state index contributed by atoms with van der Waals surface area (Å²) in [5, 5.41) is 12.8. The van der Waals surface area contributed by atoms with Crippen LogP contribution in [0.4, 0.5) is 0 Å². The SMILES string of the molecule is CSC(CCNC(C)=O)=NC1=C(C)C(C)C=C(C#N)C=C1. The molecule has 0 radical (unpaired) electrons. The third-order valence-corrected chi connectivity index (χ3v) is 4.03. The van der Waals surface area contributed by atoms with E-state index in [9.17, 15) is 4.79 Å². The van der Waals surface area contributed by atoms with Crippen LogP contribution in [-0.4, -0.2) is 23.8 Å². The van der Waals surface area contributed by atoms with Crippen LogP contribution in [0, 0.1) is 17.2 Å². The van der Waals surface area contributed by atoms with E-state index in [1.165, 1.54) is 6.92 Å². The van der Waals surface area contributed by atoms with Gasteiger partial charge in [-0.2, -0.15) is 5.26 Å². The first kappa shape index (κ1) is 17.3. The second-order valence-corrected chi connectivity index (χ2v) is 5.75. The van der Waals surface area contributed by atoms with Crippen LogP contribution in [0.3, 0.4) is 0 Å². The van der Waals surface area contributed by atoms with Gasteiger partial charge in [-0.05, 0) is 36.8 Å². The van der Waals surface area contributed by atoms with E-state index < -0.39 is 0 Å². The molecule has 0 fully saturated rings. The number of nitriles is 1. The molecule has 1 atom stereocenters. The van der Waals surface area contributed by atoms with Gasteiger partial charge in [0.1, 0.15) is 0 Å². The average Bonchev–Trinajstić information content (AvgIpc) is 2.58. The molecule has 0 bridgehead atoms. The first-order valence-corrected chi connectivity index (χ1v) is 8.07. The van der Waals surface area contributed by atoms with Crippen molar-refractivity contribution in [2.45, 2.75) is 27.2 Å². The lowest BCUT2D eigenvalue weighted by Gasteiger charge is -2.10. The van der Waals surface area contributed by atoms with Gasteiger partial charge in [0, 0.05) is 25.5 Å². The highest BCUT2D eigenvalue weighted by Crippen LogP contribution is 2.24. The molecule has 0 aromatic carbocycles. The Morgan fingerprint density at radius 3 is 2.81 bits per heavy atom. The average molecular weight is 303 g/mol. The Hall–Kier alpha value is -1.80. The summed E-state index contributed by atoms with van der Waals surface area (Å²) in [6, 6.07) is 2.18. The van der Waals surface area contributed by atoms with Gasteiger partial charge in [0.05, 0.1) is 16.8 Å². The van der Waals surface area contributed by atoms with Gasteiger partial charge in [0.2, 0.25) is 5.91 Å². The minimum absolute atomic E-state index is 0.0308. The van der Waals surface area contributed by atoms with Gasteiger partial charge in [-0.15, -0.1) is 11.8 Å². The van der Waals surface area contributed by atoms with E-state index in [0.29, 0.717) is 18.5 Å². The maximum atomic E-state index is 10.9. The molecule has 1 N–H and O–H groups in total. The first-order valence-electron chi connectivity index (χ1n) is 6.84. The normalized spacial score (nSPS) is 18.9. The van der Waals surface area contributed by atoms with Gasteiger partial charge in [-0.1, -0.05) is 13.0 Å². The topological polar surface area (TPSA) is 65.2 Å². The fourth-order valence-corrected chi connectivity index (χ4v) is 2.36. The van der Waals surface area contributed by atoms with Crippen LogP contribution in [0.1, 0.15) is 27.2 Å². The third-order valence-electron chi connectivity index (χ3n) is 3.26. The smallest absolute Gasteiger partial charge is 0.216 e. The minimum atomic E-state index is -0.0308. The number of carbonyl (C=O) groups excluding carboxylic acids is 1. The van der Waals surface area contributed by atoms with Gasteiger partial charge in [0.25, 0.3) is 0 Å². The number of allylic oxidation sites excluding steroid dienone is 5. The lowest BCUT2D eigenvalue weighted by atomic mass is 10.0. The Morgan fingerprint density at radius 1 is 1.52 bits per heavy atom. The standard InChI is InChI=1S/C16H21N3OS/c1-11-9-14(10-17)5-6-15(12(11)2)19-16(21-4)7-8-18-13(3)20/h5-6,9,11H,7-8H2,1-4H3,(H,18,20). The molecule has 1 aliphatic carbocycles. The van der Waals surface area contributed by atoms with Crippen LogP contribution in [0.15, 0.2) is 40.1 Å². The van der Waals surface area contributed by atoms with Crippen molar-refractivity contribution in [3.05, 3.63) is 35.1 Å². The maximum Gasteiger partial charge on any atom is 0.216 e. The van der Waals surface area contributed by atoms with Gasteiger partial charge in [-0.3, -0.25) is 4.79 Å². The zero-order chi connectivity index (χ0) is 15.8. The van der Waals surface area contributed by atoms with Gasteiger partial charge in [0.15, 0.2) is 0 Å². The van der Waals surface area contributed by atoms with Crippen molar-refractivity contribution < 1.29 is 4.79 Å². The number of hydrogen-bond acceptors (Lipinski definition) is 4. The quantitative estimate of drug-likeness (QED) is 0.640. The molecule has 1 amide bonds. The Kier molecular flexibility index (Phi) is 6.97. The molecule has 112 valence electrons. The number of carbonyl (C=O) groups is 1. The molecular formula is C16H21N3OS. The number of nitrogens with zero attached hydrogens (tertiary/aromatic N) is 2. The molecule has 0 aromatic rings. The number of hydrogen-bond donors (Lipinski definition) is 1. The van der Waals surface area contributed by atoms with Crippen LogP contribution >= 0.6 is 11.8 Å². The van der Waals surface area contributed by atoms with Crippen molar-refractivity contribution in [2.24, 2.45) is 10.9 Å². The highest BCUT2D eigenvalue weighted by atomic mass is 32.2. The molecule has 0 aliphatic heterocycles. The summed E-state index contributed by atoms with van der Waals surface area (Å²) in [6.45, 7) is 6.19. The highest BCUT2D eigenvalue weighted by molar-refractivity contribution is 8.13. The van der Waals surface area contributed by atoms with E-state index in [0.717, 1.165) is 16.3 Å². The van der Waals surface area contributed by atoms with Gasteiger partial charge >= 0.3 is 0 Å². The fraction of sp³-hybridized carbons (Fsp3) is 0.438. The minimum Gasteiger partial charge on any atom is -0.356 e. The van der Waals surface area contributed by atoms with Crippen LogP contribution in [0.5, 0.6) is 0 Å². The number of aliphatic imine (C=N–C) groups is 1. The van der Waals surface area contributed by atoms with Crippen LogP contribution in [0.25, 0.3) is 0 Å². The lowest BCUT2D eigenvalue weighted by molar-refractivity contribution is -0.118. The van der Waals surface area contributed by atoms with Crippen molar-refractivity contribution >= 4 is 22.7 Å². The van der Waals surface area contributed by atoms with E-state index >= 15 is 0 Å². The zero-order valence-corrected chi connectivity index (χ0v) is 13.8. The number of rotatable bonds is 4. The van der Waals surface area contributed by atoms with E-state index in [1.54, 1.807) is 17.8 Å². The Morgan fingerprint density at radius 2 is 2.24 bits per heavy atom. The predicted molar refractivity (Wildman–Crippen MR) is 89.0 cm³/mol. The van der Waals surface area contributed by atoms with E-state index in [1.807, 2.05) is 25.3 Å².